The Morgan fingerprint density at radius 2 is 2.05 bits per heavy atom. The number of benzene rings is 1. The summed E-state index contributed by atoms with van der Waals surface area (Å²) in [6, 6.07) is 12.3. The average molecular weight is 292 g/mol. The van der Waals surface area contributed by atoms with Crippen LogP contribution in [0.1, 0.15) is 0 Å². The van der Waals surface area contributed by atoms with Crippen molar-refractivity contribution in [3.05, 3.63) is 54.5 Å². The van der Waals surface area contributed by atoms with Crippen LogP contribution >= 0.6 is 0 Å². The molecule has 0 radical (unpaired) electrons. The summed E-state index contributed by atoms with van der Waals surface area (Å²) in [5.41, 5.74) is 0.646. The molecular weight excluding hydrogens is 280 g/mol. The minimum atomic E-state index is -0.0188. The molecule has 0 unspecified atom stereocenters. The predicted octanol–water partition coefficient (Wildman–Crippen LogP) is 3.23. The van der Waals surface area contributed by atoms with Crippen molar-refractivity contribution in [1.29, 1.82) is 10.5 Å². The number of methoxy groups -OCH3 is 1. The Morgan fingerprint density at radius 3 is 2.68 bits per heavy atom. The zero-order valence-corrected chi connectivity index (χ0v) is 11.8. The van der Waals surface area contributed by atoms with Gasteiger partial charge in [-0.05, 0) is 24.3 Å². The highest BCUT2D eigenvalue weighted by atomic mass is 16.5. The molecule has 0 spiro atoms. The van der Waals surface area contributed by atoms with E-state index < -0.39 is 0 Å². The first kappa shape index (κ1) is 14.9. The Kier molecular flexibility index (Phi) is 4.95. The van der Waals surface area contributed by atoms with Gasteiger partial charge in [0, 0.05) is 24.2 Å². The molecule has 0 amide bonds. The molecule has 2 rings (SSSR count). The maximum Gasteiger partial charge on any atom is 0.169 e. The SMILES string of the molecule is COc1cc(NC=C(C#N)C#N)ccc1Oc1cccnc1. The summed E-state index contributed by atoms with van der Waals surface area (Å²) in [5, 5.41) is 20.2. The average Bonchev–Trinajstić information content (AvgIpc) is 2.57. The summed E-state index contributed by atoms with van der Waals surface area (Å²) in [4.78, 5) is 3.97. The number of anilines is 1. The molecule has 1 heterocycles. The van der Waals surface area contributed by atoms with Crippen molar-refractivity contribution in [2.24, 2.45) is 0 Å². The maximum atomic E-state index is 8.68. The van der Waals surface area contributed by atoms with Crippen molar-refractivity contribution in [1.82, 2.24) is 4.98 Å². The molecule has 0 bridgehead atoms. The van der Waals surface area contributed by atoms with E-state index in [4.69, 9.17) is 20.0 Å². The van der Waals surface area contributed by atoms with Crippen molar-refractivity contribution in [2.45, 2.75) is 0 Å². The molecule has 0 atom stereocenters. The fraction of sp³-hybridized carbons (Fsp3) is 0.0625. The highest BCUT2D eigenvalue weighted by molar-refractivity contribution is 5.57. The molecule has 1 aromatic heterocycles. The van der Waals surface area contributed by atoms with Crippen LogP contribution < -0.4 is 14.8 Å². The van der Waals surface area contributed by atoms with Gasteiger partial charge in [0.25, 0.3) is 0 Å². The van der Waals surface area contributed by atoms with Gasteiger partial charge in [-0.3, -0.25) is 4.98 Å². The number of aromatic nitrogens is 1. The maximum absolute atomic E-state index is 8.68. The van der Waals surface area contributed by atoms with Crippen LogP contribution in [0.4, 0.5) is 5.69 Å². The number of nitrogens with zero attached hydrogens (tertiary/aromatic N) is 3. The zero-order chi connectivity index (χ0) is 15.8. The lowest BCUT2D eigenvalue weighted by Gasteiger charge is -2.11. The van der Waals surface area contributed by atoms with E-state index >= 15 is 0 Å². The Hall–Kier alpha value is -3.51. The lowest BCUT2D eigenvalue weighted by Crippen LogP contribution is -1.94. The van der Waals surface area contributed by atoms with E-state index in [1.54, 1.807) is 54.9 Å². The number of rotatable bonds is 5. The molecule has 1 aromatic carbocycles. The number of nitrogens with one attached hydrogen (secondary N) is 1. The van der Waals surface area contributed by atoms with Gasteiger partial charge in [0.05, 0.1) is 13.3 Å². The van der Waals surface area contributed by atoms with E-state index in [9.17, 15) is 0 Å². The van der Waals surface area contributed by atoms with Crippen molar-refractivity contribution in [3.63, 3.8) is 0 Å². The van der Waals surface area contributed by atoms with Gasteiger partial charge in [0.1, 0.15) is 23.5 Å². The van der Waals surface area contributed by atoms with Crippen LogP contribution in [-0.4, -0.2) is 12.1 Å². The summed E-state index contributed by atoms with van der Waals surface area (Å²) >= 11 is 0. The summed E-state index contributed by atoms with van der Waals surface area (Å²) < 4.78 is 11.0. The van der Waals surface area contributed by atoms with Gasteiger partial charge in [0.15, 0.2) is 11.5 Å². The Bertz CT molecular complexity index is 742. The fourth-order valence-corrected chi connectivity index (χ4v) is 1.62. The Labute approximate surface area is 127 Å². The van der Waals surface area contributed by atoms with E-state index in [0.29, 0.717) is 22.9 Å². The standard InChI is InChI=1S/C16H12N4O2/c1-21-16-7-13(20-10-12(8-17)9-18)4-5-15(16)22-14-3-2-6-19-11-14/h2-7,10-11,20H,1H3. The van der Waals surface area contributed by atoms with E-state index in [1.165, 1.54) is 13.3 Å². The van der Waals surface area contributed by atoms with Crippen LogP contribution in [-0.2, 0) is 0 Å². The molecule has 6 heteroatoms. The normalized spacial score (nSPS) is 9.05. The third-order valence-corrected chi connectivity index (χ3v) is 2.65. The first-order chi connectivity index (χ1) is 10.8. The van der Waals surface area contributed by atoms with Gasteiger partial charge in [-0.2, -0.15) is 10.5 Å². The van der Waals surface area contributed by atoms with Gasteiger partial charge in [-0.25, -0.2) is 0 Å². The largest absolute Gasteiger partial charge is 0.493 e. The molecule has 0 aliphatic heterocycles. The molecule has 108 valence electrons. The fourth-order valence-electron chi connectivity index (χ4n) is 1.62. The monoisotopic (exact) mass is 292 g/mol. The minimum absolute atomic E-state index is 0.0188. The Balaban J connectivity index is 2.20. The smallest absolute Gasteiger partial charge is 0.169 e. The molecule has 0 saturated carbocycles. The second-order valence-corrected chi connectivity index (χ2v) is 4.08. The summed E-state index contributed by atoms with van der Waals surface area (Å²) in [5.74, 6) is 1.64. The third kappa shape index (κ3) is 3.75. The third-order valence-electron chi connectivity index (χ3n) is 2.65. The lowest BCUT2D eigenvalue weighted by atomic mass is 10.2. The highest BCUT2D eigenvalue weighted by Crippen LogP contribution is 2.33. The van der Waals surface area contributed by atoms with E-state index in [2.05, 4.69) is 10.3 Å². The minimum Gasteiger partial charge on any atom is -0.493 e. The molecule has 0 aliphatic carbocycles. The van der Waals surface area contributed by atoms with Crippen molar-refractivity contribution in [3.8, 4) is 29.4 Å². The summed E-state index contributed by atoms with van der Waals surface area (Å²) in [7, 11) is 1.53. The van der Waals surface area contributed by atoms with Gasteiger partial charge in [-0.15, -0.1) is 0 Å². The molecule has 0 fully saturated rings. The lowest BCUT2D eigenvalue weighted by molar-refractivity contribution is 0.378. The highest BCUT2D eigenvalue weighted by Gasteiger charge is 2.07. The van der Waals surface area contributed by atoms with Crippen LogP contribution in [0.3, 0.4) is 0 Å². The second kappa shape index (κ2) is 7.32. The van der Waals surface area contributed by atoms with Crippen molar-refractivity contribution >= 4 is 5.69 Å². The van der Waals surface area contributed by atoms with E-state index in [0.717, 1.165) is 0 Å². The van der Waals surface area contributed by atoms with Crippen molar-refractivity contribution < 1.29 is 9.47 Å². The second-order valence-electron chi connectivity index (χ2n) is 4.08. The van der Waals surface area contributed by atoms with Gasteiger partial charge in [0.2, 0.25) is 0 Å². The van der Waals surface area contributed by atoms with E-state index in [-0.39, 0.29) is 5.57 Å². The molecule has 0 saturated heterocycles. The summed E-state index contributed by atoms with van der Waals surface area (Å²) in [6.07, 6.45) is 4.59. The number of hydrogen-bond donors (Lipinski definition) is 1. The number of ether oxygens (including phenoxy) is 2. The van der Waals surface area contributed by atoms with Crippen LogP contribution in [0.25, 0.3) is 0 Å². The first-order valence-corrected chi connectivity index (χ1v) is 6.29. The number of nitriles is 2. The molecule has 2 aromatic rings. The van der Waals surface area contributed by atoms with Gasteiger partial charge < -0.3 is 14.8 Å². The van der Waals surface area contributed by atoms with Crippen LogP contribution in [0.5, 0.6) is 17.2 Å². The predicted molar refractivity (Wildman–Crippen MR) is 80.2 cm³/mol. The van der Waals surface area contributed by atoms with E-state index in [1.807, 2.05) is 0 Å². The summed E-state index contributed by atoms with van der Waals surface area (Å²) in [6.45, 7) is 0. The van der Waals surface area contributed by atoms with Crippen LogP contribution in [0.15, 0.2) is 54.5 Å². The van der Waals surface area contributed by atoms with Crippen molar-refractivity contribution in [2.75, 3.05) is 12.4 Å². The molecular formula is C16H12N4O2. The number of hydrogen-bond acceptors (Lipinski definition) is 6. The van der Waals surface area contributed by atoms with Crippen LogP contribution in [0.2, 0.25) is 0 Å². The first-order valence-electron chi connectivity index (χ1n) is 6.29. The van der Waals surface area contributed by atoms with Gasteiger partial charge >= 0.3 is 0 Å². The number of pyridine rings is 1. The molecule has 6 nitrogen and oxygen atoms in total. The molecule has 22 heavy (non-hydrogen) atoms. The number of allylic oxidation sites excluding steroid dienone is 1. The van der Waals surface area contributed by atoms with Gasteiger partial charge in [-0.1, -0.05) is 0 Å². The molecule has 0 aliphatic rings. The topological polar surface area (TPSA) is 91.0 Å². The molecule has 1 N–H and O–H groups in total. The Morgan fingerprint density at radius 1 is 1.23 bits per heavy atom. The zero-order valence-electron chi connectivity index (χ0n) is 11.8. The quantitative estimate of drug-likeness (QED) is 0.851. The van der Waals surface area contributed by atoms with Crippen LogP contribution in [0, 0.1) is 22.7 Å².